The highest BCUT2D eigenvalue weighted by Gasteiger charge is 2.05. The Morgan fingerprint density at radius 2 is 2.43 bits per heavy atom. The number of hydrogen-bond donors (Lipinski definition) is 3. The second-order valence-corrected chi connectivity index (χ2v) is 3.05. The van der Waals surface area contributed by atoms with Gasteiger partial charge in [0.15, 0.2) is 0 Å². The summed E-state index contributed by atoms with van der Waals surface area (Å²) in [5.41, 5.74) is 0.831. The van der Waals surface area contributed by atoms with Crippen molar-refractivity contribution in [3.63, 3.8) is 0 Å². The van der Waals surface area contributed by atoms with Crippen molar-refractivity contribution in [2.45, 2.75) is 26.1 Å². The fraction of sp³-hybridized carbons (Fsp3) is 0.750. The van der Waals surface area contributed by atoms with Gasteiger partial charge < -0.3 is 15.5 Å². The minimum atomic E-state index is -0.774. The van der Waals surface area contributed by atoms with Crippen LogP contribution in [-0.4, -0.2) is 44.5 Å². The molecule has 0 aliphatic carbocycles. The highest BCUT2D eigenvalue weighted by molar-refractivity contribution is 4.91. The zero-order chi connectivity index (χ0) is 10.4. The maximum atomic E-state index is 9.14. The van der Waals surface area contributed by atoms with Gasteiger partial charge in [0, 0.05) is 12.7 Å². The van der Waals surface area contributed by atoms with Crippen LogP contribution in [0.4, 0.5) is 0 Å². The molecule has 0 aliphatic rings. The Morgan fingerprint density at radius 1 is 1.64 bits per heavy atom. The summed E-state index contributed by atoms with van der Waals surface area (Å²) in [5, 5.41) is 28.6. The van der Waals surface area contributed by atoms with Gasteiger partial charge in [0.1, 0.15) is 0 Å². The predicted molar refractivity (Wildman–Crippen MR) is 50.5 cm³/mol. The molecule has 1 unspecified atom stereocenters. The lowest BCUT2D eigenvalue weighted by Gasteiger charge is -2.04. The van der Waals surface area contributed by atoms with Crippen LogP contribution in [0.3, 0.4) is 0 Å². The van der Waals surface area contributed by atoms with Crippen LogP contribution in [0.15, 0.2) is 6.20 Å². The number of aliphatic hydroxyl groups is 2. The van der Waals surface area contributed by atoms with Gasteiger partial charge >= 0.3 is 0 Å². The standard InChI is InChI=1S/C8H16N4O2/c1-2-9-3-7-4-12(11-10-7)5-8(14)6-13/h4,8-9,13-14H,2-3,5-6H2,1H3. The summed E-state index contributed by atoms with van der Waals surface area (Å²) in [6.45, 7) is 3.58. The van der Waals surface area contributed by atoms with E-state index in [-0.39, 0.29) is 13.2 Å². The van der Waals surface area contributed by atoms with Crippen molar-refractivity contribution >= 4 is 0 Å². The topological polar surface area (TPSA) is 83.2 Å². The third kappa shape index (κ3) is 3.41. The fourth-order valence-corrected chi connectivity index (χ4v) is 1.04. The molecule has 1 aromatic heterocycles. The van der Waals surface area contributed by atoms with Gasteiger partial charge in [0.25, 0.3) is 0 Å². The van der Waals surface area contributed by atoms with Crippen molar-refractivity contribution < 1.29 is 10.2 Å². The Kier molecular flexibility index (Phi) is 4.51. The number of nitrogens with one attached hydrogen (secondary N) is 1. The van der Waals surface area contributed by atoms with E-state index in [9.17, 15) is 0 Å². The van der Waals surface area contributed by atoms with Crippen LogP contribution >= 0.6 is 0 Å². The molecule has 1 atom stereocenters. The van der Waals surface area contributed by atoms with Gasteiger partial charge in [-0.25, -0.2) is 4.68 Å². The van der Waals surface area contributed by atoms with Crippen molar-refractivity contribution in [3.05, 3.63) is 11.9 Å². The predicted octanol–water partition coefficient (Wildman–Crippen LogP) is -1.26. The van der Waals surface area contributed by atoms with Crippen molar-refractivity contribution in [3.8, 4) is 0 Å². The molecule has 1 rings (SSSR count). The summed E-state index contributed by atoms with van der Waals surface area (Å²) in [6.07, 6.45) is 0.977. The van der Waals surface area contributed by atoms with Gasteiger partial charge in [0.05, 0.1) is 24.9 Å². The summed E-state index contributed by atoms with van der Waals surface area (Å²) in [7, 11) is 0. The molecule has 80 valence electrons. The molecule has 0 amide bonds. The zero-order valence-electron chi connectivity index (χ0n) is 8.22. The summed E-state index contributed by atoms with van der Waals surface area (Å²) in [6, 6.07) is 0. The molecule has 0 aliphatic heterocycles. The third-order valence-electron chi connectivity index (χ3n) is 1.75. The molecule has 0 saturated heterocycles. The quantitative estimate of drug-likeness (QED) is 0.534. The number of aromatic nitrogens is 3. The van der Waals surface area contributed by atoms with E-state index in [1.807, 2.05) is 6.92 Å². The Labute approximate surface area is 82.6 Å². The fourth-order valence-electron chi connectivity index (χ4n) is 1.04. The molecule has 3 N–H and O–H groups in total. The van der Waals surface area contributed by atoms with Crippen LogP contribution in [-0.2, 0) is 13.1 Å². The average molecular weight is 200 g/mol. The number of nitrogens with zero attached hydrogens (tertiary/aromatic N) is 3. The molecule has 6 nitrogen and oxygen atoms in total. The van der Waals surface area contributed by atoms with Crippen LogP contribution < -0.4 is 5.32 Å². The SMILES string of the molecule is CCNCc1cn(CC(O)CO)nn1. The van der Waals surface area contributed by atoms with Crippen LogP contribution in [0.1, 0.15) is 12.6 Å². The molecule has 0 saturated carbocycles. The van der Waals surface area contributed by atoms with Crippen molar-refractivity contribution in [1.82, 2.24) is 20.3 Å². The van der Waals surface area contributed by atoms with E-state index in [0.29, 0.717) is 6.54 Å². The van der Waals surface area contributed by atoms with Crippen LogP contribution in [0.25, 0.3) is 0 Å². The van der Waals surface area contributed by atoms with Gasteiger partial charge in [-0.1, -0.05) is 12.1 Å². The highest BCUT2D eigenvalue weighted by atomic mass is 16.3. The van der Waals surface area contributed by atoms with E-state index in [0.717, 1.165) is 12.2 Å². The van der Waals surface area contributed by atoms with E-state index >= 15 is 0 Å². The Hall–Kier alpha value is -0.980. The molecule has 14 heavy (non-hydrogen) atoms. The smallest absolute Gasteiger partial charge is 0.0966 e. The zero-order valence-corrected chi connectivity index (χ0v) is 8.22. The molecular formula is C8H16N4O2. The average Bonchev–Trinajstić information content (AvgIpc) is 2.62. The Balaban J connectivity index is 2.42. The first-order chi connectivity index (χ1) is 6.76. The molecule has 1 heterocycles. The maximum Gasteiger partial charge on any atom is 0.0966 e. The van der Waals surface area contributed by atoms with Crippen molar-refractivity contribution in [1.29, 1.82) is 0 Å². The van der Waals surface area contributed by atoms with Gasteiger partial charge in [0.2, 0.25) is 0 Å². The molecule has 0 fully saturated rings. The van der Waals surface area contributed by atoms with Gasteiger partial charge in [-0.2, -0.15) is 0 Å². The number of hydrogen-bond acceptors (Lipinski definition) is 5. The Morgan fingerprint density at radius 3 is 3.07 bits per heavy atom. The molecule has 1 aromatic rings. The van der Waals surface area contributed by atoms with Gasteiger partial charge in [-0.15, -0.1) is 5.10 Å². The molecule has 0 aromatic carbocycles. The number of rotatable bonds is 6. The van der Waals surface area contributed by atoms with Gasteiger partial charge in [-0.05, 0) is 6.54 Å². The molecule has 0 bridgehead atoms. The summed E-state index contributed by atoms with van der Waals surface area (Å²) in [5.74, 6) is 0. The normalized spacial score (nSPS) is 13.1. The maximum absolute atomic E-state index is 9.14. The number of aliphatic hydroxyl groups excluding tert-OH is 2. The van der Waals surface area contributed by atoms with Crippen LogP contribution in [0.5, 0.6) is 0 Å². The summed E-state index contributed by atoms with van der Waals surface area (Å²) < 4.78 is 1.52. The van der Waals surface area contributed by atoms with Crippen LogP contribution in [0, 0.1) is 0 Å². The second-order valence-electron chi connectivity index (χ2n) is 3.05. The van der Waals surface area contributed by atoms with Crippen LogP contribution in [0.2, 0.25) is 0 Å². The van der Waals surface area contributed by atoms with E-state index in [4.69, 9.17) is 10.2 Å². The van der Waals surface area contributed by atoms with E-state index < -0.39 is 6.10 Å². The summed E-state index contributed by atoms with van der Waals surface area (Å²) >= 11 is 0. The molecular weight excluding hydrogens is 184 g/mol. The highest BCUT2D eigenvalue weighted by Crippen LogP contribution is 1.94. The molecule has 0 radical (unpaired) electrons. The second kappa shape index (κ2) is 5.69. The van der Waals surface area contributed by atoms with Gasteiger partial charge in [-0.3, -0.25) is 0 Å². The van der Waals surface area contributed by atoms with E-state index in [2.05, 4.69) is 15.6 Å². The lowest BCUT2D eigenvalue weighted by molar-refractivity contribution is 0.0778. The van der Waals surface area contributed by atoms with Crippen molar-refractivity contribution in [2.75, 3.05) is 13.2 Å². The van der Waals surface area contributed by atoms with E-state index in [1.165, 1.54) is 4.68 Å². The molecule has 6 heteroatoms. The van der Waals surface area contributed by atoms with Crippen molar-refractivity contribution in [2.24, 2.45) is 0 Å². The molecule has 0 spiro atoms. The van der Waals surface area contributed by atoms with E-state index in [1.54, 1.807) is 6.20 Å². The lowest BCUT2D eigenvalue weighted by atomic mass is 10.4. The summed E-state index contributed by atoms with van der Waals surface area (Å²) in [4.78, 5) is 0. The lowest BCUT2D eigenvalue weighted by Crippen LogP contribution is -2.20. The minimum absolute atomic E-state index is 0.262. The first-order valence-electron chi connectivity index (χ1n) is 4.65. The first-order valence-corrected chi connectivity index (χ1v) is 4.65. The third-order valence-corrected chi connectivity index (χ3v) is 1.75. The Bertz CT molecular complexity index is 264. The largest absolute Gasteiger partial charge is 0.394 e. The monoisotopic (exact) mass is 200 g/mol. The minimum Gasteiger partial charge on any atom is -0.394 e. The first kappa shape index (κ1) is 11.1.